The molecule has 0 aliphatic rings. The maximum atomic E-state index is 11.8. The summed E-state index contributed by atoms with van der Waals surface area (Å²) in [6.07, 6.45) is 0.307. The zero-order chi connectivity index (χ0) is 23.3. The SMILES string of the molecule is CCC(O)(c1cc(OC)c(OC)cc1O)c1ccc(OC)c(OCc2ccccc2)c1C. The van der Waals surface area contributed by atoms with Gasteiger partial charge in [0, 0.05) is 17.2 Å². The molecule has 1 atom stereocenters. The number of phenols is 1. The summed E-state index contributed by atoms with van der Waals surface area (Å²) >= 11 is 0. The van der Waals surface area contributed by atoms with E-state index in [0.717, 1.165) is 11.1 Å². The topological polar surface area (TPSA) is 77.4 Å². The lowest BCUT2D eigenvalue weighted by molar-refractivity contribution is 0.0722. The lowest BCUT2D eigenvalue weighted by Gasteiger charge is -2.32. The number of aliphatic hydroxyl groups is 1. The Kier molecular flexibility index (Phi) is 7.15. The van der Waals surface area contributed by atoms with Crippen LogP contribution in [0.15, 0.2) is 54.6 Å². The Labute approximate surface area is 189 Å². The Morgan fingerprint density at radius 2 is 1.44 bits per heavy atom. The number of ether oxygens (including phenoxy) is 4. The molecule has 0 saturated heterocycles. The van der Waals surface area contributed by atoms with Gasteiger partial charge < -0.3 is 29.2 Å². The van der Waals surface area contributed by atoms with E-state index in [2.05, 4.69) is 0 Å². The molecule has 0 saturated carbocycles. The van der Waals surface area contributed by atoms with E-state index in [1.54, 1.807) is 25.3 Å². The van der Waals surface area contributed by atoms with E-state index >= 15 is 0 Å². The van der Waals surface area contributed by atoms with Gasteiger partial charge in [-0.3, -0.25) is 0 Å². The molecule has 0 bridgehead atoms. The van der Waals surface area contributed by atoms with Crippen molar-refractivity contribution in [2.24, 2.45) is 0 Å². The van der Waals surface area contributed by atoms with Gasteiger partial charge in [0.15, 0.2) is 23.0 Å². The van der Waals surface area contributed by atoms with Crippen LogP contribution >= 0.6 is 0 Å². The van der Waals surface area contributed by atoms with Crippen LogP contribution in [0, 0.1) is 6.92 Å². The van der Waals surface area contributed by atoms with E-state index in [0.29, 0.717) is 47.2 Å². The van der Waals surface area contributed by atoms with Gasteiger partial charge in [-0.25, -0.2) is 0 Å². The van der Waals surface area contributed by atoms with Crippen molar-refractivity contribution in [2.75, 3.05) is 21.3 Å². The van der Waals surface area contributed by atoms with Crippen molar-refractivity contribution in [3.8, 4) is 28.7 Å². The summed E-state index contributed by atoms with van der Waals surface area (Å²) in [5.74, 6) is 1.82. The Hall–Kier alpha value is -3.38. The second-order valence-electron chi connectivity index (χ2n) is 7.48. The van der Waals surface area contributed by atoms with Crippen LogP contribution in [0.2, 0.25) is 0 Å². The first-order chi connectivity index (χ1) is 15.4. The van der Waals surface area contributed by atoms with Crippen LogP contribution in [0.1, 0.15) is 35.6 Å². The molecule has 0 radical (unpaired) electrons. The van der Waals surface area contributed by atoms with E-state index in [1.807, 2.05) is 44.2 Å². The maximum Gasteiger partial charge on any atom is 0.164 e. The summed E-state index contributed by atoms with van der Waals surface area (Å²) in [6.45, 7) is 4.08. The number of hydrogen-bond acceptors (Lipinski definition) is 6. The van der Waals surface area contributed by atoms with Crippen LogP contribution < -0.4 is 18.9 Å². The van der Waals surface area contributed by atoms with Gasteiger partial charge in [-0.2, -0.15) is 0 Å². The normalized spacial score (nSPS) is 12.7. The monoisotopic (exact) mass is 438 g/mol. The van der Waals surface area contributed by atoms with Crippen LogP contribution in [0.5, 0.6) is 28.7 Å². The van der Waals surface area contributed by atoms with E-state index in [1.165, 1.54) is 20.3 Å². The van der Waals surface area contributed by atoms with Crippen molar-refractivity contribution in [3.05, 3.63) is 76.9 Å². The zero-order valence-corrected chi connectivity index (χ0v) is 19.1. The van der Waals surface area contributed by atoms with E-state index < -0.39 is 5.60 Å². The molecule has 6 heteroatoms. The Bertz CT molecular complexity index is 1060. The largest absolute Gasteiger partial charge is 0.507 e. The van der Waals surface area contributed by atoms with Crippen molar-refractivity contribution >= 4 is 0 Å². The average molecular weight is 439 g/mol. The molecule has 2 N–H and O–H groups in total. The number of rotatable bonds is 9. The highest BCUT2D eigenvalue weighted by molar-refractivity contribution is 5.58. The molecule has 3 rings (SSSR count). The third-order valence-electron chi connectivity index (χ3n) is 5.72. The summed E-state index contributed by atoms with van der Waals surface area (Å²) in [6, 6.07) is 16.4. The highest BCUT2D eigenvalue weighted by atomic mass is 16.5. The molecular weight excluding hydrogens is 408 g/mol. The Morgan fingerprint density at radius 1 is 0.812 bits per heavy atom. The summed E-state index contributed by atoms with van der Waals surface area (Å²) in [4.78, 5) is 0. The van der Waals surface area contributed by atoms with Crippen molar-refractivity contribution in [2.45, 2.75) is 32.5 Å². The molecule has 3 aromatic rings. The number of phenolic OH excluding ortho intramolecular Hbond substituents is 1. The average Bonchev–Trinajstić information content (AvgIpc) is 2.82. The fraction of sp³-hybridized carbons (Fsp3) is 0.308. The van der Waals surface area contributed by atoms with Gasteiger partial charge in [-0.05, 0) is 36.6 Å². The van der Waals surface area contributed by atoms with Crippen LogP contribution in [-0.4, -0.2) is 31.5 Å². The van der Waals surface area contributed by atoms with Crippen LogP contribution in [0.25, 0.3) is 0 Å². The molecule has 0 aliphatic carbocycles. The first-order valence-corrected chi connectivity index (χ1v) is 10.4. The van der Waals surface area contributed by atoms with Gasteiger partial charge in [0.05, 0.1) is 21.3 Å². The summed E-state index contributed by atoms with van der Waals surface area (Å²) in [5.41, 5.74) is 1.16. The zero-order valence-electron chi connectivity index (χ0n) is 19.1. The number of methoxy groups -OCH3 is 3. The molecule has 1 unspecified atom stereocenters. The van der Waals surface area contributed by atoms with Crippen LogP contribution in [0.3, 0.4) is 0 Å². The van der Waals surface area contributed by atoms with Gasteiger partial charge in [0.2, 0.25) is 0 Å². The van der Waals surface area contributed by atoms with Crippen molar-refractivity contribution in [3.63, 3.8) is 0 Å². The Morgan fingerprint density at radius 3 is 2.03 bits per heavy atom. The van der Waals surface area contributed by atoms with E-state index in [4.69, 9.17) is 18.9 Å². The molecule has 0 aromatic heterocycles. The highest BCUT2D eigenvalue weighted by Gasteiger charge is 2.36. The molecule has 3 aromatic carbocycles. The van der Waals surface area contributed by atoms with Gasteiger partial charge in [0.25, 0.3) is 0 Å². The van der Waals surface area contributed by atoms with E-state index in [-0.39, 0.29) is 5.75 Å². The van der Waals surface area contributed by atoms with E-state index in [9.17, 15) is 10.2 Å². The van der Waals surface area contributed by atoms with Gasteiger partial charge in [0.1, 0.15) is 18.0 Å². The Balaban J connectivity index is 2.10. The molecule has 0 aliphatic heterocycles. The maximum absolute atomic E-state index is 11.8. The predicted octanol–water partition coefficient (Wildman–Crippen LogP) is 4.95. The lowest BCUT2D eigenvalue weighted by atomic mass is 9.81. The molecule has 6 nitrogen and oxygen atoms in total. The first kappa shape index (κ1) is 23.3. The third-order valence-corrected chi connectivity index (χ3v) is 5.72. The number of aromatic hydroxyl groups is 1. The van der Waals surface area contributed by atoms with Crippen LogP contribution in [-0.2, 0) is 12.2 Å². The fourth-order valence-corrected chi connectivity index (χ4v) is 3.91. The minimum Gasteiger partial charge on any atom is -0.507 e. The molecule has 0 spiro atoms. The predicted molar refractivity (Wildman–Crippen MR) is 123 cm³/mol. The minimum atomic E-state index is -1.50. The first-order valence-electron chi connectivity index (χ1n) is 10.4. The molecule has 0 fully saturated rings. The standard InChI is InChI=1S/C26H30O6/c1-6-26(28,20-14-23(30-4)24(31-5)15-21(20)27)19-12-13-22(29-3)25(17(19)2)32-16-18-10-8-7-9-11-18/h7-15,27-28H,6,16H2,1-5H3. The van der Waals surface area contributed by atoms with Gasteiger partial charge >= 0.3 is 0 Å². The quantitative estimate of drug-likeness (QED) is 0.492. The molecule has 32 heavy (non-hydrogen) atoms. The smallest absolute Gasteiger partial charge is 0.164 e. The lowest BCUT2D eigenvalue weighted by Crippen LogP contribution is -2.28. The summed E-state index contributed by atoms with van der Waals surface area (Å²) in [5, 5.41) is 22.6. The number of hydrogen-bond donors (Lipinski definition) is 2. The fourth-order valence-electron chi connectivity index (χ4n) is 3.91. The summed E-state index contributed by atoms with van der Waals surface area (Å²) in [7, 11) is 4.58. The molecule has 170 valence electrons. The van der Waals surface area contributed by atoms with Gasteiger partial charge in [-0.15, -0.1) is 0 Å². The van der Waals surface area contributed by atoms with Crippen molar-refractivity contribution in [1.29, 1.82) is 0 Å². The highest BCUT2D eigenvalue weighted by Crippen LogP contribution is 2.47. The van der Waals surface area contributed by atoms with Crippen molar-refractivity contribution < 1.29 is 29.2 Å². The number of benzene rings is 3. The van der Waals surface area contributed by atoms with Crippen LogP contribution in [0.4, 0.5) is 0 Å². The molecular formula is C26H30O6. The second kappa shape index (κ2) is 9.83. The van der Waals surface area contributed by atoms with Gasteiger partial charge in [-0.1, -0.05) is 43.3 Å². The summed E-state index contributed by atoms with van der Waals surface area (Å²) < 4.78 is 22.3. The second-order valence-corrected chi connectivity index (χ2v) is 7.48. The van der Waals surface area contributed by atoms with Crippen molar-refractivity contribution in [1.82, 2.24) is 0 Å². The minimum absolute atomic E-state index is 0.0889. The molecule has 0 heterocycles. The third kappa shape index (κ3) is 4.32. The molecule has 0 amide bonds.